The minimum atomic E-state index is -3.59. The Hall–Kier alpha value is -1.90. The summed E-state index contributed by atoms with van der Waals surface area (Å²) in [5.41, 5.74) is 1.94. The first kappa shape index (κ1) is 18.9. The number of amides is 1. The molecule has 1 unspecified atom stereocenters. The molecule has 1 aromatic heterocycles. The van der Waals surface area contributed by atoms with E-state index in [0.29, 0.717) is 6.54 Å². The molecule has 6 nitrogen and oxygen atoms in total. The van der Waals surface area contributed by atoms with Crippen molar-refractivity contribution in [1.29, 1.82) is 0 Å². The van der Waals surface area contributed by atoms with Crippen LogP contribution in [0.2, 0.25) is 0 Å². The summed E-state index contributed by atoms with van der Waals surface area (Å²) in [5.74, 6) is 0. The van der Waals surface area contributed by atoms with Crippen LogP contribution in [0.25, 0.3) is 0 Å². The quantitative estimate of drug-likeness (QED) is 0.783. The van der Waals surface area contributed by atoms with Crippen LogP contribution in [0.1, 0.15) is 24.3 Å². The first-order chi connectivity index (χ1) is 12.4. The van der Waals surface area contributed by atoms with Crippen LogP contribution < -0.4 is 9.62 Å². The second-order valence-electron chi connectivity index (χ2n) is 6.06. The zero-order chi connectivity index (χ0) is 18.7. The van der Waals surface area contributed by atoms with Gasteiger partial charge in [-0.25, -0.2) is 17.9 Å². The highest BCUT2D eigenvalue weighted by Crippen LogP contribution is 2.24. The maximum atomic E-state index is 12.4. The second-order valence-corrected chi connectivity index (χ2v) is 9.22. The molecule has 0 spiro atoms. The first-order valence-corrected chi connectivity index (χ1v) is 10.9. The summed E-state index contributed by atoms with van der Waals surface area (Å²) >= 11 is 1.26. The third kappa shape index (κ3) is 4.08. The Morgan fingerprint density at radius 2 is 1.88 bits per heavy atom. The number of hydrogen-bond acceptors (Lipinski definition) is 5. The molecule has 140 valence electrons. The number of aryl methyl sites for hydroxylation is 2. The number of hydrogen-bond donors (Lipinski definition) is 1. The van der Waals surface area contributed by atoms with Crippen molar-refractivity contribution < 1.29 is 17.9 Å². The van der Waals surface area contributed by atoms with E-state index in [2.05, 4.69) is 11.6 Å². The first-order valence-electron chi connectivity index (χ1n) is 8.58. The van der Waals surface area contributed by atoms with Crippen LogP contribution in [0.3, 0.4) is 0 Å². The average Bonchev–Trinajstić information content (AvgIpc) is 3.27. The third-order valence-corrected chi connectivity index (χ3v) is 7.43. The van der Waals surface area contributed by atoms with Crippen LogP contribution in [-0.4, -0.2) is 33.7 Å². The van der Waals surface area contributed by atoms with Crippen LogP contribution >= 0.6 is 11.3 Å². The standard InChI is InChI=1S/C18H22N2O4S2/c1-3-13-5-7-14(8-6-13)20-12-15(24-18(20)21)11-19-26(22,23)17-10-9-16(4-2)25-17/h5-10,15,19H,3-4,11-12H2,1-2H3. The van der Waals surface area contributed by atoms with Gasteiger partial charge < -0.3 is 4.74 Å². The van der Waals surface area contributed by atoms with Gasteiger partial charge in [0.05, 0.1) is 6.54 Å². The average molecular weight is 395 g/mol. The summed E-state index contributed by atoms with van der Waals surface area (Å²) in [6, 6.07) is 11.1. The fourth-order valence-electron chi connectivity index (χ4n) is 2.72. The molecule has 2 heterocycles. The summed E-state index contributed by atoms with van der Waals surface area (Å²) in [5, 5.41) is 0. The topological polar surface area (TPSA) is 75.7 Å². The number of benzene rings is 1. The number of anilines is 1. The van der Waals surface area contributed by atoms with E-state index in [0.717, 1.165) is 23.4 Å². The molecule has 1 atom stereocenters. The molecule has 1 amide bonds. The number of nitrogens with one attached hydrogen (secondary N) is 1. The SMILES string of the molecule is CCc1ccc(N2CC(CNS(=O)(=O)c3ccc(CC)s3)OC2=O)cc1. The van der Waals surface area contributed by atoms with Gasteiger partial charge in [-0.3, -0.25) is 4.90 Å². The van der Waals surface area contributed by atoms with E-state index in [9.17, 15) is 13.2 Å². The number of ether oxygens (including phenoxy) is 1. The molecule has 8 heteroatoms. The fraction of sp³-hybridized carbons (Fsp3) is 0.389. The Kier molecular flexibility index (Phi) is 5.64. The molecular weight excluding hydrogens is 372 g/mol. The van der Waals surface area contributed by atoms with Gasteiger partial charge >= 0.3 is 6.09 Å². The Morgan fingerprint density at radius 1 is 1.15 bits per heavy atom. The van der Waals surface area contributed by atoms with Crippen molar-refractivity contribution in [2.24, 2.45) is 0 Å². The van der Waals surface area contributed by atoms with Gasteiger partial charge in [-0.1, -0.05) is 26.0 Å². The monoisotopic (exact) mass is 394 g/mol. The molecule has 0 bridgehead atoms. The van der Waals surface area contributed by atoms with Gasteiger partial charge in [0.2, 0.25) is 10.0 Å². The Balaban J connectivity index is 1.61. The summed E-state index contributed by atoms with van der Waals surface area (Å²) in [7, 11) is -3.59. The molecule has 0 saturated carbocycles. The van der Waals surface area contributed by atoms with E-state index in [-0.39, 0.29) is 10.8 Å². The number of carbonyl (C=O) groups is 1. The maximum absolute atomic E-state index is 12.4. The van der Waals surface area contributed by atoms with Gasteiger partial charge in [0.15, 0.2) is 0 Å². The van der Waals surface area contributed by atoms with E-state index in [1.165, 1.54) is 21.8 Å². The maximum Gasteiger partial charge on any atom is 0.414 e. The summed E-state index contributed by atoms with van der Waals surface area (Å²) < 4.78 is 32.9. The van der Waals surface area contributed by atoms with Crippen LogP contribution in [-0.2, 0) is 27.6 Å². The highest BCUT2D eigenvalue weighted by molar-refractivity contribution is 7.91. The molecule has 2 aromatic rings. The van der Waals surface area contributed by atoms with Crippen molar-refractivity contribution in [3.8, 4) is 0 Å². The Labute approximate surface area is 157 Å². The van der Waals surface area contributed by atoms with Crippen LogP contribution in [0.4, 0.5) is 10.5 Å². The molecule has 0 radical (unpaired) electrons. The lowest BCUT2D eigenvalue weighted by Gasteiger charge is -2.13. The van der Waals surface area contributed by atoms with Crippen molar-refractivity contribution in [1.82, 2.24) is 4.72 Å². The highest BCUT2D eigenvalue weighted by atomic mass is 32.2. The van der Waals surface area contributed by atoms with E-state index < -0.39 is 22.2 Å². The molecular formula is C18H22N2O4S2. The minimum Gasteiger partial charge on any atom is -0.443 e. The van der Waals surface area contributed by atoms with Gasteiger partial charge in [0.25, 0.3) is 0 Å². The van der Waals surface area contributed by atoms with Crippen LogP contribution in [0, 0.1) is 0 Å². The van der Waals surface area contributed by atoms with Gasteiger partial charge in [0.1, 0.15) is 10.3 Å². The molecule has 1 aromatic carbocycles. The van der Waals surface area contributed by atoms with Crippen molar-refractivity contribution in [3.63, 3.8) is 0 Å². The molecule has 0 aliphatic carbocycles. The predicted octanol–water partition coefficient (Wildman–Crippen LogP) is 3.18. The lowest BCUT2D eigenvalue weighted by molar-refractivity contribution is 0.143. The van der Waals surface area contributed by atoms with E-state index in [1.54, 1.807) is 6.07 Å². The lowest BCUT2D eigenvalue weighted by atomic mass is 10.1. The lowest BCUT2D eigenvalue weighted by Crippen LogP contribution is -2.34. The third-order valence-electron chi connectivity index (χ3n) is 4.28. The number of sulfonamides is 1. The summed E-state index contributed by atoms with van der Waals surface area (Å²) in [4.78, 5) is 14.6. The number of rotatable bonds is 7. The number of cyclic esters (lactones) is 1. The Bertz CT molecular complexity index is 875. The van der Waals surface area contributed by atoms with Crippen LogP contribution in [0.15, 0.2) is 40.6 Å². The number of nitrogens with zero attached hydrogens (tertiary/aromatic N) is 1. The van der Waals surface area contributed by atoms with Crippen molar-refractivity contribution in [3.05, 3.63) is 46.8 Å². The van der Waals surface area contributed by atoms with Crippen molar-refractivity contribution in [2.75, 3.05) is 18.0 Å². The molecule has 1 aliphatic rings. The van der Waals surface area contributed by atoms with E-state index in [1.807, 2.05) is 37.3 Å². The molecule has 3 rings (SSSR count). The molecule has 1 saturated heterocycles. The highest BCUT2D eigenvalue weighted by Gasteiger charge is 2.33. The van der Waals surface area contributed by atoms with E-state index >= 15 is 0 Å². The number of thiophene rings is 1. The molecule has 1 fully saturated rings. The largest absolute Gasteiger partial charge is 0.443 e. The second kappa shape index (κ2) is 7.77. The van der Waals surface area contributed by atoms with Gasteiger partial charge in [-0.15, -0.1) is 11.3 Å². The predicted molar refractivity (Wildman–Crippen MR) is 102 cm³/mol. The van der Waals surface area contributed by atoms with E-state index in [4.69, 9.17) is 4.74 Å². The zero-order valence-electron chi connectivity index (χ0n) is 14.8. The smallest absolute Gasteiger partial charge is 0.414 e. The Morgan fingerprint density at radius 3 is 2.50 bits per heavy atom. The molecule has 1 aliphatic heterocycles. The molecule has 1 N–H and O–H groups in total. The normalized spacial score (nSPS) is 17.5. The minimum absolute atomic E-state index is 0.0526. The summed E-state index contributed by atoms with van der Waals surface area (Å²) in [6.45, 7) is 4.42. The zero-order valence-corrected chi connectivity index (χ0v) is 16.4. The van der Waals surface area contributed by atoms with Gasteiger partial charge in [-0.05, 0) is 42.7 Å². The van der Waals surface area contributed by atoms with Crippen LogP contribution in [0.5, 0.6) is 0 Å². The molecule has 26 heavy (non-hydrogen) atoms. The number of carbonyl (C=O) groups excluding carboxylic acids is 1. The van der Waals surface area contributed by atoms with Gasteiger partial charge in [-0.2, -0.15) is 0 Å². The summed E-state index contributed by atoms with van der Waals surface area (Å²) in [6.07, 6.45) is 0.751. The fourth-order valence-corrected chi connectivity index (χ4v) is 5.12. The van der Waals surface area contributed by atoms with Crippen molar-refractivity contribution >= 4 is 33.1 Å². The van der Waals surface area contributed by atoms with Gasteiger partial charge in [0, 0.05) is 17.1 Å². The van der Waals surface area contributed by atoms with Crippen molar-refractivity contribution in [2.45, 2.75) is 37.0 Å².